The minimum absolute atomic E-state index is 0.0545. The zero-order chi connectivity index (χ0) is 15.6. The molecule has 0 spiro atoms. The number of anilines is 1. The van der Waals surface area contributed by atoms with Crippen molar-refractivity contribution in [3.8, 4) is 0 Å². The molecule has 2 rings (SSSR count). The molecule has 1 amide bonds. The van der Waals surface area contributed by atoms with Crippen molar-refractivity contribution in [2.24, 2.45) is 0 Å². The van der Waals surface area contributed by atoms with E-state index >= 15 is 0 Å². The average molecular weight is 311 g/mol. The van der Waals surface area contributed by atoms with Gasteiger partial charge in [0, 0.05) is 25.3 Å². The average Bonchev–Trinajstić information content (AvgIpc) is 2.77. The third kappa shape index (κ3) is 3.93. The van der Waals surface area contributed by atoms with Crippen molar-refractivity contribution in [2.45, 2.75) is 32.4 Å². The van der Waals surface area contributed by atoms with E-state index in [1.807, 2.05) is 25.8 Å². The van der Waals surface area contributed by atoms with Crippen molar-refractivity contribution in [1.29, 1.82) is 0 Å². The smallest absolute Gasteiger partial charge is 0.253 e. The molecule has 1 saturated heterocycles. The number of nitrogens with zero attached hydrogens (tertiary/aromatic N) is 2. The molecule has 21 heavy (non-hydrogen) atoms. The monoisotopic (exact) mass is 311 g/mol. The van der Waals surface area contributed by atoms with Gasteiger partial charge in [0.05, 0.1) is 29.0 Å². The topological polar surface area (TPSA) is 79.4 Å². The Hall–Kier alpha value is -1.63. The van der Waals surface area contributed by atoms with Gasteiger partial charge in [-0.15, -0.1) is 0 Å². The number of nitrogens with one attached hydrogen (secondary N) is 1. The van der Waals surface area contributed by atoms with Crippen LogP contribution in [-0.2, 0) is 9.84 Å². The highest BCUT2D eigenvalue weighted by Crippen LogP contribution is 2.22. The van der Waals surface area contributed by atoms with E-state index in [0.717, 1.165) is 5.69 Å². The molecule has 1 unspecified atom stereocenters. The Kier molecular flexibility index (Phi) is 4.51. The van der Waals surface area contributed by atoms with Gasteiger partial charge in [0.25, 0.3) is 5.91 Å². The number of hydrogen-bond acceptors (Lipinski definition) is 5. The number of sulfone groups is 1. The second-order valence-corrected chi connectivity index (χ2v) is 7.96. The van der Waals surface area contributed by atoms with Gasteiger partial charge in [-0.2, -0.15) is 0 Å². The molecule has 0 saturated carbocycles. The first-order valence-electron chi connectivity index (χ1n) is 6.97. The minimum atomic E-state index is -2.93. The zero-order valence-corrected chi connectivity index (χ0v) is 13.4. The van der Waals surface area contributed by atoms with Crippen molar-refractivity contribution < 1.29 is 13.2 Å². The summed E-state index contributed by atoms with van der Waals surface area (Å²) in [4.78, 5) is 18.0. The summed E-state index contributed by atoms with van der Waals surface area (Å²) in [7, 11) is -1.09. The first kappa shape index (κ1) is 15.8. The second-order valence-electron chi connectivity index (χ2n) is 5.73. The van der Waals surface area contributed by atoms with Gasteiger partial charge in [0.15, 0.2) is 9.84 Å². The van der Waals surface area contributed by atoms with E-state index in [1.165, 1.54) is 6.20 Å². The van der Waals surface area contributed by atoms with Crippen LogP contribution in [0.25, 0.3) is 0 Å². The first-order chi connectivity index (χ1) is 9.78. The normalized spacial score (nSPS) is 20.5. The Balaban J connectivity index is 2.15. The third-order valence-corrected chi connectivity index (χ3v) is 5.32. The van der Waals surface area contributed by atoms with Gasteiger partial charge in [0.2, 0.25) is 0 Å². The number of amides is 1. The molecule has 0 aromatic carbocycles. The number of pyridine rings is 1. The molecule has 1 aliphatic heterocycles. The number of carbonyl (C=O) groups is 1. The molecule has 1 aliphatic rings. The molecule has 116 valence electrons. The molecule has 1 N–H and O–H groups in total. The van der Waals surface area contributed by atoms with Crippen molar-refractivity contribution in [1.82, 2.24) is 10.3 Å². The van der Waals surface area contributed by atoms with Gasteiger partial charge in [0.1, 0.15) is 0 Å². The van der Waals surface area contributed by atoms with Gasteiger partial charge in [-0.05, 0) is 26.3 Å². The van der Waals surface area contributed by atoms with E-state index in [1.54, 1.807) is 12.3 Å². The fraction of sp³-hybridized carbons (Fsp3) is 0.571. The number of carbonyl (C=O) groups excluding carboxylic acids is 1. The molecule has 1 aromatic heterocycles. The standard InChI is InChI=1S/C14H21N3O3S/c1-10(2)16-14(18)11-6-13(8-15-7-11)17(3)12-4-5-21(19,20)9-12/h6-8,10,12H,4-5,9H2,1-3H3,(H,16,18). The van der Waals surface area contributed by atoms with Crippen LogP contribution in [0.4, 0.5) is 5.69 Å². The lowest BCUT2D eigenvalue weighted by atomic mass is 10.2. The Morgan fingerprint density at radius 3 is 2.71 bits per heavy atom. The molecule has 1 atom stereocenters. The Bertz CT molecular complexity index is 628. The number of aromatic nitrogens is 1. The van der Waals surface area contributed by atoms with Gasteiger partial charge in [-0.3, -0.25) is 9.78 Å². The Morgan fingerprint density at radius 2 is 2.14 bits per heavy atom. The molecule has 6 nitrogen and oxygen atoms in total. The minimum Gasteiger partial charge on any atom is -0.369 e. The van der Waals surface area contributed by atoms with Crippen LogP contribution >= 0.6 is 0 Å². The molecule has 2 heterocycles. The molecular weight excluding hydrogens is 290 g/mol. The molecule has 1 fully saturated rings. The highest BCUT2D eigenvalue weighted by atomic mass is 32.2. The van der Waals surface area contributed by atoms with E-state index < -0.39 is 9.84 Å². The van der Waals surface area contributed by atoms with E-state index in [9.17, 15) is 13.2 Å². The van der Waals surface area contributed by atoms with E-state index in [4.69, 9.17) is 0 Å². The Labute approximate surface area is 125 Å². The van der Waals surface area contributed by atoms with Crippen molar-refractivity contribution in [3.63, 3.8) is 0 Å². The van der Waals surface area contributed by atoms with Crippen molar-refractivity contribution >= 4 is 21.4 Å². The summed E-state index contributed by atoms with van der Waals surface area (Å²) in [6.45, 7) is 3.79. The molecule has 0 bridgehead atoms. The fourth-order valence-corrected chi connectivity index (χ4v) is 4.16. The highest BCUT2D eigenvalue weighted by Gasteiger charge is 2.31. The van der Waals surface area contributed by atoms with Gasteiger partial charge in [-0.25, -0.2) is 8.42 Å². The van der Waals surface area contributed by atoms with Crippen LogP contribution in [0.1, 0.15) is 30.6 Å². The maximum atomic E-state index is 12.0. The molecular formula is C14H21N3O3S. The maximum absolute atomic E-state index is 12.0. The summed E-state index contributed by atoms with van der Waals surface area (Å²) in [6, 6.07) is 1.74. The largest absolute Gasteiger partial charge is 0.369 e. The Morgan fingerprint density at radius 1 is 1.43 bits per heavy atom. The summed E-state index contributed by atoms with van der Waals surface area (Å²) < 4.78 is 23.1. The molecule has 1 aromatic rings. The van der Waals surface area contributed by atoms with Crippen LogP contribution in [-0.4, -0.2) is 49.9 Å². The van der Waals surface area contributed by atoms with E-state index in [0.29, 0.717) is 12.0 Å². The predicted octanol–water partition coefficient (Wildman–Crippen LogP) is 0.843. The summed E-state index contributed by atoms with van der Waals surface area (Å²) in [5.74, 6) is 0.210. The van der Waals surface area contributed by atoms with Crippen LogP contribution in [0, 0.1) is 0 Å². The SMILES string of the molecule is CC(C)NC(=O)c1cncc(N(C)C2CCS(=O)(=O)C2)c1. The lowest BCUT2D eigenvalue weighted by Crippen LogP contribution is -2.33. The number of rotatable bonds is 4. The van der Waals surface area contributed by atoms with Crippen molar-refractivity contribution in [2.75, 3.05) is 23.5 Å². The van der Waals surface area contributed by atoms with Gasteiger partial charge < -0.3 is 10.2 Å². The summed E-state index contributed by atoms with van der Waals surface area (Å²) >= 11 is 0. The van der Waals surface area contributed by atoms with Crippen LogP contribution < -0.4 is 10.2 Å². The lowest BCUT2D eigenvalue weighted by Gasteiger charge is -2.25. The van der Waals surface area contributed by atoms with Crippen LogP contribution in [0.15, 0.2) is 18.5 Å². The number of hydrogen-bond donors (Lipinski definition) is 1. The van der Waals surface area contributed by atoms with Crippen LogP contribution in [0.5, 0.6) is 0 Å². The van der Waals surface area contributed by atoms with Gasteiger partial charge in [-0.1, -0.05) is 0 Å². The van der Waals surface area contributed by atoms with E-state index in [-0.39, 0.29) is 29.5 Å². The third-order valence-electron chi connectivity index (χ3n) is 3.57. The van der Waals surface area contributed by atoms with Crippen molar-refractivity contribution in [3.05, 3.63) is 24.0 Å². The van der Waals surface area contributed by atoms with Crippen LogP contribution in [0.2, 0.25) is 0 Å². The van der Waals surface area contributed by atoms with Gasteiger partial charge >= 0.3 is 0 Å². The summed E-state index contributed by atoms with van der Waals surface area (Å²) in [6.07, 6.45) is 3.78. The maximum Gasteiger partial charge on any atom is 0.253 e. The summed E-state index contributed by atoms with van der Waals surface area (Å²) in [5, 5.41) is 2.81. The molecule has 0 radical (unpaired) electrons. The zero-order valence-electron chi connectivity index (χ0n) is 12.5. The predicted molar refractivity (Wildman–Crippen MR) is 82.3 cm³/mol. The lowest BCUT2D eigenvalue weighted by molar-refractivity contribution is 0.0942. The highest BCUT2D eigenvalue weighted by molar-refractivity contribution is 7.91. The quantitative estimate of drug-likeness (QED) is 0.891. The fourth-order valence-electron chi connectivity index (χ4n) is 2.38. The van der Waals surface area contributed by atoms with E-state index in [2.05, 4.69) is 10.3 Å². The summed E-state index contributed by atoms with van der Waals surface area (Å²) in [5.41, 5.74) is 1.24. The molecule has 7 heteroatoms. The molecule has 0 aliphatic carbocycles. The first-order valence-corrected chi connectivity index (χ1v) is 8.80. The van der Waals surface area contributed by atoms with Crippen LogP contribution in [0.3, 0.4) is 0 Å². The second kappa shape index (κ2) is 6.01.